The normalized spacial score (nSPS) is 15.4. The van der Waals surface area contributed by atoms with Crippen LogP contribution in [0.1, 0.15) is 44.7 Å². The summed E-state index contributed by atoms with van der Waals surface area (Å²) in [5.74, 6) is -0.343. The van der Waals surface area contributed by atoms with E-state index in [-0.39, 0.29) is 11.9 Å². The first-order valence-corrected chi connectivity index (χ1v) is 9.41. The molecule has 1 aromatic carbocycles. The SMILES string of the molecule is Cc1cc(F)cc2c(N3CCC(NC(=O)OC(C)(C)C)CC3)c(C#N)cnc12. The second-order valence-corrected chi connectivity index (χ2v) is 8.16. The lowest BCUT2D eigenvalue weighted by Gasteiger charge is -2.35. The van der Waals surface area contributed by atoms with Crippen molar-refractivity contribution < 1.29 is 13.9 Å². The number of fused-ring (bicyclic) bond motifs is 1. The Kier molecular flexibility index (Phi) is 5.41. The maximum absolute atomic E-state index is 14.0. The standard InChI is InChI=1S/C21H25FN4O2/c1-13-9-15(22)10-17-18(13)24-12-14(11-23)19(17)26-7-5-16(6-8-26)25-20(27)28-21(2,3)4/h9-10,12,16H,5-8H2,1-4H3,(H,25,27). The first kappa shape index (κ1) is 19.9. The number of nitrogens with zero attached hydrogens (tertiary/aromatic N) is 3. The molecule has 0 radical (unpaired) electrons. The summed E-state index contributed by atoms with van der Waals surface area (Å²) in [5, 5.41) is 13.1. The second kappa shape index (κ2) is 7.63. The maximum atomic E-state index is 14.0. The molecule has 2 aromatic rings. The Morgan fingerprint density at radius 2 is 2.04 bits per heavy atom. The largest absolute Gasteiger partial charge is 0.444 e. The Hall–Kier alpha value is -2.88. The molecule has 1 amide bonds. The number of rotatable bonds is 2. The van der Waals surface area contributed by atoms with Crippen molar-refractivity contribution in [2.75, 3.05) is 18.0 Å². The van der Waals surface area contributed by atoms with E-state index in [1.165, 1.54) is 12.1 Å². The minimum Gasteiger partial charge on any atom is -0.444 e. The molecule has 1 fully saturated rings. The molecule has 148 valence electrons. The molecule has 0 spiro atoms. The summed E-state index contributed by atoms with van der Waals surface area (Å²) in [6, 6.07) is 5.07. The number of nitriles is 1. The predicted molar refractivity (Wildman–Crippen MR) is 106 cm³/mol. The van der Waals surface area contributed by atoms with E-state index in [0.717, 1.165) is 5.56 Å². The number of anilines is 1. The van der Waals surface area contributed by atoms with Gasteiger partial charge in [0.15, 0.2) is 0 Å². The van der Waals surface area contributed by atoms with Crippen LogP contribution in [0.3, 0.4) is 0 Å². The van der Waals surface area contributed by atoms with E-state index in [1.54, 1.807) is 6.20 Å². The monoisotopic (exact) mass is 384 g/mol. The summed E-state index contributed by atoms with van der Waals surface area (Å²) in [6.07, 6.45) is 2.55. The Balaban J connectivity index is 1.80. The van der Waals surface area contributed by atoms with Crippen molar-refractivity contribution >= 4 is 22.7 Å². The fourth-order valence-corrected chi connectivity index (χ4v) is 3.57. The molecule has 0 atom stereocenters. The van der Waals surface area contributed by atoms with E-state index < -0.39 is 11.7 Å². The van der Waals surface area contributed by atoms with Crippen molar-refractivity contribution in [2.24, 2.45) is 0 Å². The van der Waals surface area contributed by atoms with Crippen molar-refractivity contribution in [2.45, 2.75) is 52.2 Å². The third-order valence-electron chi connectivity index (χ3n) is 4.75. The van der Waals surface area contributed by atoms with Gasteiger partial charge in [0.25, 0.3) is 0 Å². The van der Waals surface area contributed by atoms with Crippen molar-refractivity contribution in [3.05, 3.63) is 35.3 Å². The lowest BCUT2D eigenvalue weighted by atomic mass is 10.0. The first-order chi connectivity index (χ1) is 13.2. The Morgan fingerprint density at radius 3 is 2.64 bits per heavy atom. The van der Waals surface area contributed by atoms with Gasteiger partial charge in [-0.1, -0.05) is 0 Å². The number of alkyl carbamates (subject to hydrolysis) is 1. The molecule has 7 heteroatoms. The van der Waals surface area contributed by atoms with Crippen molar-refractivity contribution in [3.8, 4) is 6.07 Å². The average Bonchev–Trinajstić information content (AvgIpc) is 2.59. The summed E-state index contributed by atoms with van der Waals surface area (Å²) in [4.78, 5) is 18.4. The van der Waals surface area contributed by atoms with Crippen LogP contribution >= 0.6 is 0 Å². The van der Waals surface area contributed by atoms with Crippen molar-refractivity contribution in [1.82, 2.24) is 10.3 Å². The molecule has 1 aliphatic rings. The molecule has 0 unspecified atom stereocenters. The number of piperidine rings is 1. The van der Waals surface area contributed by atoms with Gasteiger partial charge in [0.1, 0.15) is 17.5 Å². The highest BCUT2D eigenvalue weighted by atomic mass is 19.1. The number of ether oxygens (including phenoxy) is 1. The number of carbonyl (C=O) groups excluding carboxylic acids is 1. The molecule has 0 bridgehead atoms. The van der Waals surface area contributed by atoms with Crippen LogP contribution in [0.25, 0.3) is 10.9 Å². The van der Waals surface area contributed by atoms with Gasteiger partial charge in [-0.2, -0.15) is 5.26 Å². The first-order valence-electron chi connectivity index (χ1n) is 9.41. The third-order valence-corrected chi connectivity index (χ3v) is 4.75. The average molecular weight is 384 g/mol. The van der Waals surface area contributed by atoms with Gasteiger partial charge in [-0.05, 0) is 58.2 Å². The van der Waals surface area contributed by atoms with E-state index in [9.17, 15) is 14.4 Å². The molecule has 2 heterocycles. The molecule has 0 saturated carbocycles. The number of pyridine rings is 1. The molecular formula is C21H25FN4O2. The van der Waals surface area contributed by atoms with Crippen LogP contribution < -0.4 is 10.2 Å². The van der Waals surface area contributed by atoms with E-state index in [2.05, 4.69) is 21.3 Å². The number of benzene rings is 1. The number of halogens is 1. The van der Waals surface area contributed by atoms with Gasteiger partial charge in [-0.25, -0.2) is 9.18 Å². The number of hydrogen-bond donors (Lipinski definition) is 1. The zero-order valence-electron chi connectivity index (χ0n) is 16.7. The molecule has 3 rings (SSSR count). The van der Waals surface area contributed by atoms with E-state index in [4.69, 9.17) is 4.74 Å². The summed E-state index contributed by atoms with van der Waals surface area (Å²) in [7, 11) is 0. The van der Waals surface area contributed by atoms with Crippen molar-refractivity contribution in [1.29, 1.82) is 5.26 Å². The number of aryl methyl sites for hydroxylation is 1. The van der Waals surface area contributed by atoms with Crippen LogP contribution in [0, 0.1) is 24.1 Å². The topological polar surface area (TPSA) is 78.3 Å². The molecular weight excluding hydrogens is 359 g/mol. The van der Waals surface area contributed by atoms with E-state index in [0.29, 0.717) is 48.1 Å². The van der Waals surface area contributed by atoms with Crippen LogP contribution in [0.15, 0.2) is 18.3 Å². The van der Waals surface area contributed by atoms with Crippen LogP contribution in [0.2, 0.25) is 0 Å². The van der Waals surface area contributed by atoms with E-state index in [1.807, 2.05) is 27.7 Å². The fraction of sp³-hybridized carbons (Fsp3) is 0.476. The number of hydrogen-bond acceptors (Lipinski definition) is 5. The Bertz CT molecular complexity index is 938. The van der Waals surface area contributed by atoms with Crippen LogP contribution in [-0.4, -0.2) is 35.8 Å². The highest BCUT2D eigenvalue weighted by molar-refractivity contribution is 5.96. The number of nitrogens with one attached hydrogen (secondary N) is 1. The lowest BCUT2D eigenvalue weighted by Crippen LogP contribution is -2.46. The van der Waals surface area contributed by atoms with Gasteiger partial charge in [-0.15, -0.1) is 0 Å². The number of carbonyl (C=O) groups is 1. The fourth-order valence-electron chi connectivity index (χ4n) is 3.57. The van der Waals surface area contributed by atoms with Gasteiger partial charge < -0.3 is 15.0 Å². The Morgan fingerprint density at radius 1 is 1.36 bits per heavy atom. The smallest absolute Gasteiger partial charge is 0.407 e. The Labute approximate surface area is 164 Å². The zero-order valence-corrected chi connectivity index (χ0v) is 16.7. The summed E-state index contributed by atoms with van der Waals surface area (Å²) < 4.78 is 19.3. The van der Waals surface area contributed by atoms with Crippen LogP contribution in [-0.2, 0) is 4.74 Å². The van der Waals surface area contributed by atoms with E-state index >= 15 is 0 Å². The minimum atomic E-state index is -0.537. The van der Waals surface area contributed by atoms with Crippen molar-refractivity contribution in [3.63, 3.8) is 0 Å². The summed E-state index contributed by atoms with van der Waals surface area (Å²) >= 11 is 0. The quantitative estimate of drug-likeness (QED) is 0.845. The second-order valence-electron chi connectivity index (χ2n) is 8.16. The lowest BCUT2D eigenvalue weighted by molar-refractivity contribution is 0.0497. The molecule has 1 aromatic heterocycles. The van der Waals surface area contributed by atoms with Gasteiger partial charge in [0.2, 0.25) is 0 Å². The highest BCUT2D eigenvalue weighted by Crippen LogP contribution is 2.33. The number of aromatic nitrogens is 1. The number of amides is 1. The molecule has 1 aliphatic heterocycles. The molecule has 0 aliphatic carbocycles. The predicted octanol–water partition coefficient (Wildman–Crippen LogP) is 4.05. The van der Waals surface area contributed by atoms with Crippen LogP contribution in [0.4, 0.5) is 14.9 Å². The van der Waals surface area contributed by atoms with Gasteiger partial charge in [0.05, 0.1) is 16.8 Å². The van der Waals surface area contributed by atoms with Gasteiger partial charge in [0, 0.05) is 30.7 Å². The molecule has 28 heavy (non-hydrogen) atoms. The highest BCUT2D eigenvalue weighted by Gasteiger charge is 2.26. The minimum absolute atomic E-state index is 0.00297. The third kappa shape index (κ3) is 4.33. The zero-order chi connectivity index (χ0) is 20.5. The molecule has 1 N–H and O–H groups in total. The summed E-state index contributed by atoms with van der Waals surface area (Å²) in [6.45, 7) is 8.58. The summed E-state index contributed by atoms with van der Waals surface area (Å²) in [5.41, 5.74) is 2.04. The molecule has 1 saturated heterocycles. The molecule has 6 nitrogen and oxygen atoms in total. The van der Waals surface area contributed by atoms with Gasteiger partial charge in [-0.3, -0.25) is 4.98 Å². The van der Waals surface area contributed by atoms with Gasteiger partial charge >= 0.3 is 6.09 Å². The van der Waals surface area contributed by atoms with Crippen LogP contribution in [0.5, 0.6) is 0 Å². The maximum Gasteiger partial charge on any atom is 0.407 e.